The van der Waals surface area contributed by atoms with Crippen molar-refractivity contribution in [1.29, 1.82) is 0 Å². The van der Waals surface area contributed by atoms with Crippen LogP contribution in [-0.2, 0) is 25.5 Å². The van der Waals surface area contributed by atoms with Crippen molar-refractivity contribution < 1.29 is 19.0 Å². The van der Waals surface area contributed by atoms with E-state index in [0.29, 0.717) is 13.1 Å². The van der Waals surface area contributed by atoms with Crippen molar-refractivity contribution in [1.82, 2.24) is 4.90 Å². The Morgan fingerprint density at radius 3 is 2.62 bits per heavy atom. The minimum Gasteiger partial charge on any atom is -0.468 e. The smallest absolute Gasteiger partial charge is 0.323 e. The minimum absolute atomic E-state index is 0.0298. The first-order valence-electron chi connectivity index (χ1n) is 7.13. The summed E-state index contributed by atoms with van der Waals surface area (Å²) in [6.45, 7) is 3.66. The summed E-state index contributed by atoms with van der Waals surface area (Å²) in [5.74, 6) is -0.140. The fraction of sp³-hybridized carbons (Fsp3) is 0.562. The normalized spacial score (nSPS) is 26.0. The summed E-state index contributed by atoms with van der Waals surface area (Å²) in [6, 6.07) is 9.82. The van der Waals surface area contributed by atoms with E-state index in [1.165, 1.54) is 12.7 Å². The van der Waals surface area contributed by atoms with Gasteiger partial charge in [0.2, 0.25) is 0 Å². The van der Waals surface area contributed by atoms with Crippen LogP contribution in [-0.4, -0.2) is 50.6 Å². The van der Waals surface area contributed by atoms with E-state index >= 15 is 0 Å². The topological polar surface area (TPSA) is 48.0 Å². The number of rotatable bonds is 6. The van der Waals surface area contributed by atoms with Gasteiger partial charge in [-0.3, -0.25) is 9.69 Å². The number of carbonyl (C=O) groups excluding carboxylic acids is 1. The Kier molecular flexibility index (Phi) is 5.73. The van der Waals surface area contributed by atoms with Crippen molar-refractivity contribution in [3.8, 4) is 0 Å². The Morgan fingerprint density at radius 2 is 2.00 bits per heavy atom. The fourth-order valence-corrected chi connectivity index (χ4v) is 2.87. The van der Waals surface area contributed by atoms with Crippen LogP contribution in [0.3, 0.4) is 0 Å². The predicted molar refractivity (Wildman–Crippen MR) is 78.6 cm³/mol. The first kappa shape index (κ1) is 15.9. The van der Waals surface area contributed by atoms with E-state index in [9.17, 15) is 4.79 Å². The molecule has 0 bridgehead atoms. The Hall–Kier alpha value is -1.43. The molecule has 1 saturated heterocycles. The lowest BCUT2D eigenvalue weighted by molar-refractivity contribution is -0.147. The highest BCUT2D eigenvalue weighted by molar-refractivity contribution is 5.76. The minimum atomic E-state index is -0.280. The molecule has 0 N–H and O–H groups in total. The van der Waals surface area contributed by atoms with Gasteiger partial charge >= 0.3 is 5.97 Å². The average Bonchev–Trinajstić information content (AvgIpc) is 2.81. The molecule has 0 radical (unpaired) electrons. The van der Waals surface area contributed by atoms with E-state index in [-0.39, 0.29) is 30.8 Å². The standard InChI is InChI=1S/C16H23NO4/c1-12-14(21-11-19-2)10-17(15(12)16(18)20-3)9-13-7-5-4-6-8-13/h4-8,12,14-15H,9-11H2,1-3H3/t12-,14+,15+/m1/s1. The summed E-state index contributed by atoms with van der Waals surface area (Å²) >= 11 is 0. The van der Waals surface area contributed by atoms with Gasteiger partial charge in [0, 0.05) is 26.1 Å². The molecule has 1 heterocycles. The maximum Gasteiger partial charge on any atom is 0.323 e. The van der Waals surface area contributed by atoms with E-state index in [2.05, 4.69) is 17.0 Å². The Balaban J connectivity index is 2.10. The summed E-state index contributed by atoms with van der Waals surface area (Å²) in [6.07, 6.45) is -0.0298. The van der Waals surface area contributed by atoms with Gasteiger partial charge in [-0.05, 0) is 5.56 Å². The lowest BCUT2D eigenvalue weighted by Crippen LogP contribution is -2.39. The van der Waals surface area contributed by atoms with Gasteiger partial charge in [-0.15, -0.1) is 0 Å². The molecule has 1 aromatic rings. The summed E-state index contributed by atoms with van der Waals surface area (Å²) in [5.41, 5.74) is 1.17. The highest BCUT2D eigenvalue weighted by atomic mass is 16.7. The third-order valence-corrected chi connectivity index (χ3v) is 3.96. The molecule has 1 fully saturated rings. The van der Waals surface area contributed by atoms with E-state index in [1.807, 2.05) is 25.1 Å². The van der Waals surface area contributed by atoms with E-state index in [4.69, 9.17) is 14.2 Å². The molecular weight excluding hydrogens is 270 g/mol. The SMILES string of the molecule is COCO[C@H]1CN(Cc2ccccc2)[C@H](C(=O)OC)[C@@H]1C. The van der Waals surface area contributed by atoms with Crippen LogP contribution in [0.5, 0.6) is 0 Å². The van der Waals surface area contributed by atoms with Crippen molar-refractivity contribution in [2.75, 3.05) is 27.6 Å². The summed E-state index contributed by atoms with van der Waals surface area (Å²) in [7, 11) is 3.03. The Bertz CT molecular complexity index is 451. The van der Waals surface area contributed by atoms with Crippen molar-refractivity contribution in [3.63, 3.8) is 0 Å². The summed E-state index contributed by atoms with van der Waals surface area (Å²) < 4.78 is 15.6. The van der Waals surface area contributed by atoms with Crippen molar-refractivity contribution in [3.05, 3.63) is 35.9 Å². The van der Waals surface area contributed by atoms with Crippen molar-refractivity contribution in [2.45, 2.75) is 25.6 Å². The zero-order valence-corrected chi connectivity index (χ0v) is 12.8. The number of esters is 1. The molecule has 0 unspecified atom stereocenters. The van der Waals surface area contributed by atoms with Gasteiger partial charge < -0.3 is 14.2 Å². The number of ether oxygens (including phenoxy) is 3. The molecule has 0 spiro atoms. The second-order valence-corrected chi connectivity index (χ2v) is 5.35. The molecular formula is C16H23NO4. The quantitative estimate of drug-likeness (QED) is 0.590. The number of likely N-dealkylation sites (tertiary alicyclic amines) is 1. The first-order chi connectivity index (χ1) is 10.2. The number of hydrogen-bond donors (Lipinski definition) is 0. The van der Waals surface area contributed by atoms with Crippen LogP contribution in [0.2, 0.25) is 0 Å². The predicted octanol–water partition coefficient (Wildman–Crippen LogP) is 1.67. The molecule has 2 rings (SSSR count). The highest BCUT2D eigenvalue weighted by Crippen LogP contribution is 2.29. The maximum atomic E-state index is 12.1. The molecule has 5 nitrogen and oxygen atoms in total. The number of benzene rings is 1. The second kappa shape index (κ2) is 7.54. The molecule has 3 atom stereocenters. The van der Waals surface area contributed by atoms with Gasteiger partial charge in [-0.2, -0.15) is 0 Å². The average molecular weight is 293 g/mol. The van der Waals surface area contributed by atoms with Gasteiger partial charge in [0.15, 0.2) is 0 Å². The zero-order chi connectivity index (χ0) is 15.2. The molecule has 21 heavy (non-hydrogen) atoms. The van der Waals surface area contributed by atoms with E-state index in [1.54, 1.807) is 7.11 Å². The summed E-state index contributed by atoms with van der Waals surface area (Å²) in [4.78, 5) is 14.2. The van der Waals surface area contributed by atoms with Gasteiger partial charge in [0.1, 0.15) is 12.8 Å². The first-order valence-corrected chi connectivity index (χ1v) is 7.13. The van der Waals surface area contributed by atoms with Crippen LogP contribution in [0.15, 0.2) is 30.3 Å². The van der Waals surface area contributed by atoms with Crippen LogP contribution in [0, 0.1) is 5.92 Å². The molecule has 1 aliphatic heterocycles. The molecule has 116 valence electrons. The second-order valence-electron chi connectivity index (χ2n) is 5.35. The van der Waals surface area contributed by atoms with Gasteiger partial charge in [-0.1, -0.05) is 37.3 Å². The number of carbonyl (C=O) groups is 1. The summed E-state index contributed by atoms with van der Waals surface area (Å²) in [5, 5.41) is 0. The lowest BCUT2D eigenvalue weighted by atomic mass is 10.0. The van der Waals surface area contributed by atoms with Crippen LogP contribution in [0.1, 0.15) is 12.5 Å². The van der Waals surface area contributed by atoms with Gasteiger partial charge in [-0.25, -0.2) is 0 Å². The number of nitrogens with zero attached hydrogens (tertiary/aromatic N) is 1. The maximum absolute atomic E-state index is 12.1. The van der Waals surface area contributed by atoms with Crippen molar-refractivity contribution >= 4 is 5.97 Å². The molecule has 0 aliphatic carbocycles. The molecule has 0 aromatic heterocycles. The third kappa shape index (κ3) is 3.81. The fourth-order valence-electron chi connectivity index (χ4n) is 2.87. The number of methoxy groups -OCH3 is 2. The van der Waals surface area contributed by atoms with E-state index in [0.717, 1.165) is 0 Å². The van der Waals surface area contributed by atoms with E-state index < -0.39 is 0 Å². The monoisotopic (exact) mass is 293 g/mol. The number of hydrogen-bond acceptors (Lipinski definition) is 5. The lowest BCUT2D eigenvalue weighted by Gasteiger charge is -2.24. The molecule has 5 heteroatoms. The van der Waals surface area contributed by atoms with Crippen LogP contribution >= 0.6 is 0 Å². The van der Waals surface area contributed by atoms with Crippen LogP contribution in [0.4, 0.5) is 0 Å². The largest absolute Gasteiger partial charge is 0.468 e. The molecule has 1 aliphatic rings. The molecule has 0 saturated carbocycles. The van der Waals surface area contributed by atoms with Crippen LogP contribution in [0.25, 0.3) is 0 Å². The zero-order valence-electron chi connectivity index (χ0n) is 12.8. The van der Waals surface area contributed by atoms with Gasteiger partial charge in [0.25, 0.3) is 0 Å². The molecule has 0 amide bonds. The van der Waals surface area contributed by atoms with Crippen molar-refractivity contribution in [2.24, 2.45) is 5.92 Å². The Morgan fingerprint density at radius 1 is 1.29 bits per heavy atom. The Labute approximate surface area is 125 Å². The highest BCUT2D eigenvalue weighted by Gasteiger charge is 2.44. The van der Waals surface area contributed by atoms with Crippen LogP contribution < -0.4 is 0 Å². The van der Waals surface area contributed by atoms with Gasteiger partial charge in [0.05, 0.1) is 13.2 Å². The molecule has 1 aromatic carbocycles. The third-order valence-electron chi connectivity index (χ3n) is 3.96.